The first-order valence-corrected chi connectivity index (χ1v) is 20.3. The van der Waals surface area contributed by atoms with Gasteiger partial charge in [-0.15, -0.1) is 0 Å². The zero-order chi connectivity index (χ0) is 44.5. The van der Waals surface area contributed by atoms with Crippen LogP contribution >= 0.6 is 15.6 Å². The molecule has 18 N–H and O–H groups in total. The summed E-state index contributed by atoms with van der Waals surface area (Å²) in [6, 6.07) is 0. The van der Waals surface area contributed by atoms with Gasteiger partial charge in [-0.3, -0.25) is 9.05 Å². The summed E-state index contributed by atoms with van der Waals surface area (Å²) < 4.78 is 71.3. The third-order valence-electron chi connectivity index (χ3n) is 9.58. The lowest BCUT2D eigenvalue weighted by atomic mass is 9.91. The summed E-state index contributed by atoms with van der Waals surface area (Å²) >= 11 is 0. The molecule has 4 saturated heterocycles. The minimum absolute atomic E-state index is 0.931. The lowest BCUT2D eigenvalue weighted by molar-refractivity contribution is -0.384. The van der Waals surface area contributed by atoms with Crippen LogP contribution < -0.4 is 0 Å². The third kappa shape index (κ3) is 11.9. The molecule has 0 radical (unpaired) electrons. The fraction of sp³-hybridized carbons (Fsp3) is 0.963. The third-order valence-corrected chi connectivity index (χ3v) is 10.6. The number of phosphoric ester groups is 2. The molecule has 59 heavy (non-hydrogen) atoms. The predicted molar refractivity (Wildman–Crippen MR) is 173 cm³/mol. The van der Waals surface area contributed by atoms with Crippen LogP contribution in [0.5, 0.6) is 0 Å². The fourth-order valence-electron chi connectivity index (χ4n) is 6.61. The molecular formula is C27H48O30P2. The highest BCUT2D eigenvalue weighted by Gasteiger charge is 2.60. The van der Waals surface area contributed by atoms with Gasteiger partial charge < -0.3 is 124 Å². The van der Waals surface area contributed by atoms with Gasteiger partial charge >= 0.3 is 21.6 Å². The highest BCUT2D eigenvalue weighted by Crippen LogP contribution is 2.47. The summed E-state index contributed by atoms with van der Waals surface area (Å²) in [5.74, 6) is -5.62. The van der Waals surface area contributed by atoms with Crippen LogP contribution in [0.3, 0.4) is 0 Å². The maximum Gasteiger partial charge on any atom is 0.470 e. The SMILES string of the molecule is O=C(O)[C@@]1(O)C[C@@H](OP(=O)(O)O)[C@@H](O[C@H]2O[C@H]([C@@H](O)CO[C@@H]3O[C@H](CO)[C@H](O)[C@H](O)[C@H]3O)[C@@H](O[C@@H]3O[C@H](CO)[C@H](O)[C@H](O)[C@H]3O)[C@H](OP(=O)(O)O)[C@@H]2O)[C@@H]([C@H](O)CO)O1. The molecule has 346 valence electrons. The van der Waals surface area contributed by atoms with Crippen LogP contribution in [0, 0.1) is 0 Å². The minimum atomic E-state index is -5.86. The second-order valence-corrected chi connectivity index (χ2v) is 16.2. The predicted octanol–water partition coefficient (Wildman–Crippen LogP) is -10.3. The zero-order valence-electron chi connectivity index (χ0n) is 29.9. The van der Waals surface area contributed by atoms with Crippen LogP contribution in [0.25, 0.3) is 0 Å². The summed E-state index contributed by atoms with van der Waals surface area (Å²) in [5.41, 5.74) is 0. The maximum atomic E-state index is 12.3. The molecule has 32 heteroatoms. The molecule has 0 bridgehead atoms. The van der Waals surface area contributed by atoms with E-state index in [0.717, 1.165) is 0 Å². The van der Waals surface area contributed by atoms with E-state index in [4.69, 9.17) is 37.7 Å². The topological polar surface area (TPSA) is 498 Å². The molecule has 0 aromatic carbocycles. The van der Waals surface area contributed by atoms with E-state index in [2.05, 4.69) is 4.52 Å². The van der Waals surface area contributed by atoms with E-state index in [9.17, 15) is 105 Å². The van der Waals surface area contributed by atoms with Crippen LogP contribution in [0.2, 0.25) is 0 Å². The number of carboxylic acid groups (broad SMARTS) is 1. The Balaban J connectivity index is 1.78. The number of aliphatic hydroxyl groups is 13. The monoisotopic (exact) mass is 914 g/mol. The number of rotatable bonds is 17. The van der Waals surface area contributed by atoms with Crippen LogP contribution in [0.4, 0.5) is 0 Å². The standard InChI is InChI=1S/C27H48O30P2/c28-2-6(31)19-20(8(56-58(43,44)45)1-27(42,55-19)26(40)41)53-25-17(39)21(57-59(46,47)48)22(54-24-16(38)14(36)12(34)10(4-30)51-24)18(52-25)7(32)5-49-23-15(37)13(35)11(33)9(3-29)50-23/h6-25,28-39,42H,1-5H2,(H,40,41)(H2,43,44,45)(H2,46,47,48)/t6-,7+,8-,9-,10-,11+,12+,13+,14+,15-,16-,17+,18-,19-,20-,21-,22-,23-,24+,25-,27-/m1/s1. The Morgan fingerprint density at radius 3 is 1.63 bits per heavy atom. The van der Waals surface area contributed by atoms with Gasteiger partial charge in [-0.1, -0.05) is 0 Å². The summed E-state index contributed by atoms with van der Waals surface area (Å²) in [7, 11) is -11.6. The van der Waals surface area contributed by atoms with E-state index in [1.54, 1.807) is 0 Å². The van der Waals surface area contributed by atoms with Crippen molar-refractivity contribution >= 4 is 21.6 Å². The molecule has 0 saturated carbocycles. The minimum Gasteiger partial charge on any atom is -0.477 e. The second kappa shape index (κ2) is 20.2. The van der Waals surface area contributed by atoms with Crippen LogP contribution in [-0.2, 0) is 56.1 Å². The van der Waals surface area contributed by atoms with Gasteiger partial charge in [-0.25, -0.2) is 13.9 Å². The van der Waals surface area contributed by atoms with E-state index in [1.165, 1.54) is 0 Å². The first kappa shape index (κ1) is 50.5. The smallest absolute Gasteiger partial charge is 0.470 e. The molecule has 0 aromatic heterocycles. The number of hydrogen-bond acceptors (Lipinski definition) is 25. The molecule has 4 aliphatic heterocycles. The van der Waals surface area contributed by atoms with Crippen molar-refractivity contribution in [1.82, 2.24) is 0 Å². The summed E-state index contributed by atoms with van der Waals surface area (Å²) in [6.45, 7) is -4.49. The van der Waals surface area contributed by atoms with Gasteiger partial charge in [0, 0.05) is 6.42 Å². The summed E-state index contributed by atoms with van der Waals surface area (Å²) in [6.07, 6.45) is -45.7. The van der Waals surface area contributed by atoms with Crippen LogP contribution in [-0.4, -0.2) is 252 Å². The molecule has 21 atom stereocenters. The first-order chi connectivity index (χ1) is 27.3. The van der Waals surface area contributed by atoms with Crippen molar-refractivity contribution in [1.29, 1.82) is 0 Å². The van der Waals surface area contributed by atoms with E-state index in [1.807, 2.05) is 0 Å². The molecule has 4 aliphatic rings. The second-order valence-electron chi connectivity index (χ2n) is 13.8. The quantitative estimate of drug-likeness (QED) is 0.0602. The zero-order valence-corrected chi connectivity index (χ0v) is 31.7. The van der Waals surface area contributed by atoms with Gasteiger partial charge in [0.25, 0.3) is 5.79 Å². The normalized spacial score (nSPS) is 44.8. The summed E-state index contributed by atoms with van der Waals surface area (Å²) in [5, 5.41) is 144. The number of aliphatic hydroxyl groups excluding tert-OH is 12. The van der Waals surface area contributed by atoms with Gasteiger partial charge in [0.2, 0.25) is 0 Å². The van der Waals surface area contributed by atoms with Crippen molar-refractivity contribution in [2.75, 3.05) is 26.4 Å². The van der Waals surface area contributed by atoms with E-state index < -0.39 is 183 Å². The first-order valence-electron chi connectivity index (χ1n) is 17.2. The maximum absolute atomic E-state index is 12.3. The largest absolute Gasteiger partial charge is 0.477 e. The molecular weight excluding hydrogens is 866 g/mol. The molecule has 0 aliphatic carbocycles. The van der Waals surface area contributed by atoms with E-state index >= 15 is 0 Å². The number of ether oxygens (including phenoxy) is 7. The average molecular weight is 915 g/mol. The fourth-order valence-corrected chi connectivity index (χ4v) is 7.72. The number of carbonyl (C=O) groups is 1. The van der Waals surface area contributed by atoms with Crippen molar-refractivity contribution in [2.24, 2.45) is 0 Å². The Kier molecular flexibility index (Phi) is 17.3. The number of carboxylic acids is 1. The van der Waals surface area contributed by atoms with Crippen molar-refractivity contribution in [3.63, 3.8) is 0 Å². The molecule has 0 unspecified atom stereocenters. The highest BCUT2D eigenvalue weighted by molar-refractivity contribution is 7.46. The molecule has 4 fully saturated rings. The Morgan fingerprint density at radius 2 is 1.14 bits per heavy atom. The van der Waals surface area contributed by atoms with Gasteiger partial charge in [-0.05, 0) is 0 Å². The number of aliphatic carboxylic acids is 1. The van der Waals surface area contributed by atoms with Crippen LogP contribution in [0.1, 0.15) is 6.42 Å². The Labute approximate surface area is 330 Å². The molecule has 0 amide bonds. The van der Waals surface area contributed by atoms with Gasteiger partial charge in [0.1, 0.15) is 104 Å². The lowest BCUT2D eigenvalue weighted by Crippen LogP contribution is -2.68. The number of hydrogen-bond donors (Lipinski definition) is 18. The molecule has 4 rings (SSSR count). The molecule has 0 aromatic rings. The molecule has 0 spiro atoms. The van der Waals surface area contributed by atoms with Gasteiger partial charge in [0.05, 0.1) is 26.4 Å². The lowest BCUT2D eigenvalue weighted by Gasteiger charge is -2.50. The Hall–Kier alpha value is -1.11. The van der Waals surface area contributed by atoms with E-state index in [-0.39, 0.29) is 0 Å². The Morgan fingerprint density at radius 1 is 0.644 bits per heavy atom. The highest BCUT2D eigenvalue weighted by atomic mass is 31.2. The van der Waals surface area contributed by atoms with Gasteiger partial charge in [0.15, 0.2) is 18.9 Å². The summed E-state index contributed by atoms with van der Waals surface area (Å²) in [4.78, 5) is 50.8. The van der Waals surface area contributed by atoms with Crippen molar-refractivity contribution in [3.8, 4) is 0 Å². The Bertz CT molecular complexity index is 1460. The molecule has 4 heterocycles. The van der Waals surface area contributed by atoms with Crippen molar-refractivity contribution in [2.45, 2.75) is 135 Å². The van der Waals surface area contributed by atoms with E-state index in [0.29, 0.717) is 0 Å². The molecule has 30 nitrogen and oxygen atoms in total. The average Bonchev–Trinajstić information content (AvgIpc) is 3.15. The van der Waals surface area contributed by atoms with Crippen molar-refractivity contribution < 1.29 is 147 Å². The number of phosphoric acid groups is 2. The van der Waals surface area contributed by atoms with Gasteiger partial charge in [-0.2, -0.15) is 0 Å². The van der Waals surface area contributed by atoms with Crippen LogP contribution in [0.15, 0.2) is 0 Å². The van der Waals surface area contributed by atoms with Crippen molar-refractivity contribution in [3.05, 3.63) is 0 Å².